The molecule has 3 aromatic rings. The summed E-state index contributed by atoms with van der Waals surface area (Å²) < 4.78 is 30.3. The normalized spacial score (nSPS) is 19.8. The number of alkyl halides is 1. The number of halogens is 2. The predicted molar refractivity (Wildman–Crippen MR) is 101 cm³/mol. The minimum Gasteiger partial charge on any atom is -0.307 e. The minimum atomic E-state index is -2.17. The first-order valence-corrected chi connectivity index (χ1v) is 9.18. The van der Waals surface area contributed by atoms with Gasteiger partial charge in [0, 0.05) is 23.5 Å². The highest BCUT2D eigenvalue weighted by atomic mass is 19.1. The molecular formula is C20H16F2N6O. The SMILES string of the molecule is CC1(F)C(=O)Nc2nc(-c3nn(Cc4ccccc4F)c4c3=CCCN=4)ncc21. The maximum Gasteiger partial charge on any atom is 0.267 e. The average Bonchev–Trinajstić information content (AvgIpc) is 3.18. The Balaban J connectivity index is 1.63. The van der Waals surface area contributed by atoms with E-state index in [1.165, 1.54) is 19.2 Å². The summed E-state index contributed by atoms with van der Waals surface area (Å²) in [6, 6.07) is 6.49. The molecule has 2 aliphatic heterocycles. The Morgan fingerprint density at radius 1 is 1.31 bits per heavy atom. The van der Waals surface area contributed by atoms with Gasteiger partial charge in [0.1, 0.15) is 17.3 Å². The van der Waals surface area contributed by atoms with Crippen LogP contribution in [0.5, 0.6) is 0 Å². The number of aromatic nitrogens is 4. The average molecular weight is 394 g/mol. The van der Waals surface area contributed by atoms with E-state index < -0.39 is 11.6 Å². The number of anilines is 1. The highest BCUT2D eigenvalue weighted by molar-refractivity contribution is 6.03. The molecule has 1 unspecified atom stereocenters. The molecule has 0 fully saturated rings. The molecule has 0 radical (unpaired) electrons. The third-order valence-electron chi connectivity index (χ3n) is 5.14. The van der Waals surface area contributed by atoms with Gasteiger partial charge in [-0.05, 0) is 19.4 Å². The minimum absolute atomic E-state index is 0.0968. The van der Waals surface area contributed by atoms with Crippen molar-refractivity contribution in [3.63, 3.8) is 0 Å². The summed E-state index contributed by atoms with van der Waals surface area (Å²) in [5.74, 6) is -0.710. The molecule has 1 aromatic carbocycles. The largest absolute Gasteiger partial charge is 0.307 e. The Labute approximate surface area is 163 Å². The maximum absolute atomic E-state index is 14.5. The van der Waals surface area contributed by atoms with Crippen molar-refractivity contribution in [3.05, 3.63) is 58.1 Å². The van der Waals surface area contributed by atoms with Gasteiger partial charge in [-0.15, -0.1) is 0 Å². The lowest BCUT2D eigenvalue weighted by Gasteiger charge is -2.09. The highest BCUT2D eigenvalue weighted by Crippen LogP contribution is 2.37. The van der Waals surface area contributed by atoms with E-state index in [9.17, 15) is 13.6 Å². The van der Waals surface area contributed by atoms with Gasteiger partial charge in [-0.3, -0.25) is 9.79 Å². The summed E-state index contributed by atoms with van der Waals surface area (Å²) in [6.07, 6.45) is 4.02. The first-order chi connectivity index (χ1) is 13.9. The van der Waals surface area contributed by atoms with Gasteiger partial charge in [0.05, 0.1) is 12.1 Å². The Bertz CT molecular complexity index is 1280. The monoisotopic (exact) mass is 394 g/mol. The van der Waals surface area contributed by atoms with E-state index in [-0.39, 0.29) is 29.6 Å². The number of amides is 1. The molecule has 0 saturated carbocycles. The van der Waals surface area contributed by atoms with E-state index in [0.717, 1.165) is 11.6 Å². The van der Waals surface area contributed by atoms with Gasteiger partial charge in [0.25, 0.3) is 5.91 Å². The van der Waals surface area contributed by atoms with E-state index >= 15 is 0 Å². The fraction of sp³-hybridized carbons (Fsp3) is 0.250. The quantitative estimate of drug-likeness (QED) is 0.729. The second kappa shape index (κ2) is 6.26. The number of hydrogen-bond acceptors (Lipinski definition) is 5. The number of fused-ring (bicyclic) bond motifs is 2. The Hall–Kier alpha value is -3.49. The predicted octanol–water partition coefficient (Wildman–Crippen LogP) is 1.47. The topological polar surface area (TPSA) is 85.1 Å². The molecule has 9 heteroatoms. The molecule has 4 heterocycles. The summed E-state index contributed by atoms with van der Waals surface area (Å²) >= 11 is 0. The Morgan fingerprint density at radius 3 is 2.97 bits per heavy atom. The van der Waals surface area contributed by atoms with Crippen LogP contribution in [0, 0.1) is 5.82 Å². The highest BCUT2D eigenvalue weighted by Gasteiger charge is 2.44. The van der Waals surface area contributed by atoms with Crippen molar-refractivity contribution in [2.45, 2.75) is 25.6 Å². The summed E-state index contributed by atoms with van der Waals surface area (Å²) in [5, 5.41) is 7.77. The van der Waals surface area contributed by atoms with Crippen LogP contribution in [0.2, 0.25) is 0 Å². The van der Waals surface area contributed by atoms with Gasteiger partial charge in [-0.2, -0.15) is 5.10 Å². The van der Waals surface area contributed by atoms with Crippen LogP contribution in [0.15, 0.2) is 35.5 Å². The first-order valence-electron chi connectivity index (χ1n) is 9.18. The van der Waals surface area contributed by atoms with Crippen molar-refractivity contribution >= 4 is 17.8 Å². The molecule has 0 saturated heterocycles. The molecule has 1 atom stereocenters. The third kappa shape index (κ3) is 2.72. The lowest BCUT2D eigenvalue weighted by molar-refractivity contribution is -0.125. The van der Waals surface area contributed by atoms with Crippen LogP contribution in [0.25, 0.3) is 17.6 Å². The van der Waals surface area contributed by atoms with Crippen LogP contribution >= 0.6 is 0 Å². The smallest absolute Gasteiger partial charge is 0.267 e. The van der Waals surface area contributed by atoms with Crippen molar-refractivity contribution in [1.29, 1.82) is 0 Å². The van der Waals surface area contributed by atoms with Crippen LogP contribution in [-0.4, -0.2) is 32.2 Å². The molecule has 0 spiro atoms. The summed E-state index contributed by atoms with van der Waals surface area (Å²) in [4.78, 5) is 24.9. The fourth-order valence-electron chi connectivity index (χ4n) is 3.55. The van der Waals surface area contributed by atoms with Crippen molar-refractivity contribution in [2.24, 2.45) is 4.99 Å². The van der Waals surface area contributed by atoms with E-state index in [2.05, 4.69) is 25.4 Å². The number of nitrogens with zero attached hydrogens (tertiary/aromatic N) is 5. The van der Waals surface area contributed by atoms with Crippen LogP contribution in [0.3, 0.4) is 0 Å². The molecule has 29 heavy (non-hydrogen) atoms. The van der Waals surface area contributed by atoms with Gasteiger partial charge in [0.15, 0.2) is 11.3 Å². The van der Waals surface area contributed by atoms with Crippen molar-refractivity contribution < 1.29 is 13.6 Å². The first kappa shape index (κ1) is 17.6. The molecule has 7 nitrogen and oxygen atoms in total. The van der Waals surface area contributed by atoms with E-state index in [4.69, 9.17) is 0 Å². The number of nitrogens with one attached hydrogen (secondary N) is 1. The Kier molecular flexibility index (Phi) is 3.80. The number of carbonyl (C=O) groups is 1. The second-order valence-corrected chi connectivity index (χ2v) is 7.12. The van der Waals surface area contributed by atoms with Crippen molar-refractivity contribution in [2.75, 3.05) is 11.9 Å². The third-order valence-corrected chi connectivity index (χ3v) is 5.14. The molecule has 0 aliphatic carbocycles. The van der Waals surface area contributed by atoms with E-state index in [0.29, 0.717) is 23.3 Å². The number of carbonyl (C=O) groups excluding carboxylic acids is 1. The van der Waals surface area contributed by atoms with Gasteiger partial charge in [-0.25, -0.2) is 23.4 Å². The summed E-state index contributed by atoms with van der Waals surface area (Å²) in [5.41, 5.74) is -0.499. The van der Waals surface area contributed by atoms with E-state index in [1.807, 2.05) is 6.08 Å². The molecule has 5 rings (SSSR count). The van der Waals surface area contributed by atoms with Crippen LogP contribution in [0.4, 0.5) is 14.6 Å². The maximum atomic E-state index is 14.5. The molecule has 2 aliphatic rings. The van der Waals surface area contributed by atoms with Gasteiger partial charge < -0.3 is 5.32 Å². The molecular weight excluding hydrogens is 378 g/mol. The van der Waals surface area contributed by atoms with E-state index in [1.54, 1.807) is 22.9 Å². The van der Waals surface area contributed by atoms with Crippen LogP contribution in [-0.2, 0) is 17.0 Å². The molecule has 2 aromatic heterocycles. The van der Waals surface area contributed by atoms with Crippen molar-refractivity contribution in [3.8, 4) is 11.5 Å². The standard InChI is InChI=1S/C20H16F2N6O/c1-20(22)13-9-24-17(25-16(13)26-19(20)29)15-12-6-4-8-23-18(12)28(27-15)10-11-5-2-3-7-14(11)21/h2-3,5-7,9H,4,8,10H2,1H3,(H,24,25,26,29). The number of rotatable bonds is 3. The fourth-order valence-corrected chi connectivity index (χ4v) is 3.55. The summed E-state index contributed by atoms with van der Waals surface area (Å²) in [6.45, 7) is 1.99. The Morgan fingerprint density at radius 2 is 2.14 bits per heavy atom. The molecule has 1 amide bonds. The second-order valence-electron chi connectivity index (χ2n) is 7.12. The van der Waals surface area contributed by atoms with Gasteiger partial charge >= 0.3 is 0 Å². The number of benzene rings is 1. The van der Waals surface area contributed by atoms with Crippen LogP contribution < -0.4 is 16.0 Å². The van der Waals surface area contributed by atoms with Crippen LogP contribution in [0.1, 0.15) is 24.5 Å². The van der Waals surface area contributed by atoms with Gasteiger partial charge in [0.2, 0.25) is 5.67 Å². The molecule has 146 valence electrons. The molecule has 0 bridgehead atoms. The van der Waals surface area contributed by atoms with Gasteiger partial charge in [-0.1, -0.05) is 24.3 Å². The zero-order valence-corrected chi connectivity index (χ0v) is 15.5. The number of hydrogen-bond donors (Lipinski definition) is 1. The lowest BCUT2D eigenvalue weighted by Crippen LogP contribution is -2.33. The molecule has 1 N–H and O–H groups in total. The van der Waals surface area contributed by atoms with Crippen molar-refractivity contribution in [1.82, 2.24) is 19.7 Å². The zero-order valence-electron chi connectivity index (χ0n) is 15.5. The summed E-state index contributed by atoms with van der Waals surface area (Å²) in [7, 11) is 0. The zero-order chi connectivity index (χ0) is 20.2. The lowest BCUT2D eigenvalue weighted by atomic mass is 10.0.